The fraction of sp³-hybridized carbons (Fsp3) is 0.812. The topological polar surface area (TPSA) is 63.2 Å². The van der Waals surface area contributed by atoms with Crippen LogP contribution < -0.4 is 0 Å². The SMILES string of the molecule is CC(=O)OCCOC(C=C(OC(C)C)OC(C)C)OC(C)C. The largest absolute Gasteiger partial charge is 0.463 e. The number of hydrogen-bond acceptors (Lipinski definition) is 6. The van der Waals surface area contributed by atoms with Gasteiger partial charge in [-0.2, -0.15) is 0 Å². The first kappa shape index (κ1) is 20.7. The Bertz CT molecular complexity index is 324. The molecule has 6 nitrogen and oxygen atoms in total. The van der Waals surface area contributed by atoms with Crippen LogP contribution in [0.2, 0.25) is 0 Å². The van der Waals surface area contributed by atoms with Crippen molar-refractivity contribution < 1.29 is 28.5 Å². The highest BCUT2D eigenvalue weighted by molar-refractivity contribution is 5.65. The van der Waals surface area contributed by atoms with Gasteiger partial charge in [0.05, 0.1) is 31.0 Å². The van der Waals surface area contributed by atoms with Crippen LogP contribution in [0.5, 0.6) is 0 Å². The van der Waals surface area contributed by atoms with E-state index in [2.05, 4.69) is 0 Å². The zero-order chi connectivity index (χ0) is 17.1. The summed E-state index contributed by atoms with van der Waals surface area (Å²) in [4.78, 5) is 10.7. The molecule has 0 rings (SSSR count). The summed E-state index contributed by atoms with van der Waals surface area (Å²) in [6.45, 7) is 13.2. The van der Waals surface area contributed by atoms with Gasteiger partial charge in [-0.15, -0.1) is 0 Å². The second kappa shape index (κ2) is 11.3. The normalized spacial score (nSPS) is 12.5. The lowest BCUT2D eigenvalue weighted by molar-refractivity contribution is -0.157. The first-order valence-electron chi connectivity index (χ1n) is 7.66. The lowest BCUT2D eigenvalue weighted by Crippen LogP contribution is -2.23. The van der Waals surface area contributed by atoms with Crippen molar-refractivity contribution in [1.29, 1.82) is 0 Å². The van der Waals surface area contributed by atoms with Crippen molar-refractivity contribution in [1.82, 2.24) is 0 Å². The Labute approximate surface area is 133 Å². The quantitative estimate of drug-likeness (QED) is 0.252. The van der Waals surface area contributed by atoms with Gasteiger partial charge in [0.25, 0.3) is 5.95 Å². The molecule has 0 amide bonds. The summed E-state index contributed by atoms with van der Waals surface area (Å²) in [5.41, 5.74) is 0. The highest BCUT2D eigenvalue weighted by Crippen LogP contribution is 2.12. The van der Waals surface area contributed by atoms with Gasteiger partial charge in [0.2, 0.25) is 0 Å². The Kier molecular flexibility index (Phi) is 10.7. The molecule has 1 atom stereocenters. The van der Waals surface area contributed by atoms with Crippen molar-refractivity contribution in [3.05, 3.63) is 12.0 Å². The van der Waals surface area contributed by atoms with Gasteiger partial charge in [-0.05, 0) is 41.5 Å². The van der Waals surface area contributed by atoms with Gasteiger partial charge in [0, 0.05) is 6.92 Å². The minimum atomic E-state index is -0.636. The molecule has 0 aromatic rings. The standard InChI is InChI=1S/C16H30O6/c1-11(2)20-15(19-9-8-18-14(7)17)10-16(21-12(3)4)22-13(5)6/h10-13,15H,8-9H2,1-7H3. The second-order valence-electron chi connectivity index (χ2n) is 5.58. The lowest BCUT2D eigenvalue weighted by atomic mass is 10.4. The molecule has 130 valence electrons. The molecule has 0 aliphatic heterocycles. The van der Waals surface area contributed by atoms with Gasteiger partial charge < -0.3 is 23.7 Å². The number of carbonyl (C=O) groups is 1. The average Bonchev–Trinajstić information content (AvgIpc) is 2.31. The van der Waals surface area contributed by atoms with Gasteiger partial charge in [-0.3, -0.25) is 4.79 Å². The molecular weight excluding hydrogens is 288 g/mol. The van der Waals surface area contributed by atoms with Crippen molar-refractivity contribution in [2.45, 2.75) is 73.1 Å². The first-order valence-corrected chi connectivity index (χ1v) is 7.66. The Morgan fingerprint density at radius 3 is 1.86 bits per heavy atom. The molecule has 0 fully saturated rings. The van der Waals surface area contributed by atoms with E-state index in [4.69, 9.17) is 23.7 Å². The third kappa shape index (κ3) is 12.5. The number of carbonyl (C=O) groups excluding carboxylic acids is 1. The summed E-state index contributed by atoms with van der Waals surface area (Å²) >= 11 is 0. The van der Waals surface area contributed by atoms with Crippen molar-refractivity contribution >= 4 is 5.97 Å². The van der Waals surface area contributed by atoms with E-state index in [0.717, 1.165) is 0 Å². The molecule has 0 radical (unpaired) electrons. The molecule has 6 heteroatoms. The third-order valence-corrected chi connectivity index (χ3v) is 2.05. The van der Waals surface area contributed by atoms with Crippen molar-refractivity contribution in [2.24, 2.45) is 0 Å². The van der Waals surface area contributed by atoms with E-state index >= 15 is 0 Å². The molecule has 0 aromatic heterocycles. The van der Waals surface area contributed by atoms with Gasteiger partial charge in [0.1, 0.15) is 6.61 Å². The molecule has 0 saturated carbocycles. The van der Waals surface area contributed by atoms with Gasteiger partial charge in [-0.25, -0.2) is 0 Å². The molecule has 0 N–H and O–H groups in total. The molecule has 0 spiro atoms. The van der Waals surface area contributed by atoms with E-state index in [-0.39, 0.29) is 37.5 Å². The molecule has 0 aliphatic carbocycles. The predicted molar refractivity (Wildman–Crippen MR) is 83.1 cm³/mol. The maximum Gasteiger partial charge on any atom is 0.302 e. The highest BCUT2D eigenvalue weighted by Gasteiger charge is 2.14. The summed E-state index contributed by atoms with van der Waals surface area (Å²) in [7, 11) is 0. The number of hydrogen-bond donors (Lipinski definition) is 0. The number of esters is 1. The van der Waals surface area contributed by atoms with E-state index < -0.39 is 6.29 Å². The number of rotatable bonds is 11. The van der Waals surface area contributed by atoms with Crippen LogP contribution in [0, 0.1) is 0 Å². The van der Waals surface area contributed by atoms with Crippen molar-refractivity contribution in [3.8, 4) is 0 Å². The zero-order valence-electron chi connectivity index (χ0n) is 14.8. The summed E-state index contributed by atoms with van der Waals surface area (Å²) in [6, 6.07) is 0. The van der Waals surface area contributed by atoms with E-state index in [1.807, 2.05) is 41.5 Å². The highest BCUT2D eigenvalue weighted by atomic mass is 16.7. The minimum absolute atomic E-state index is 0.0225. The monoisotopic (exact) mass is 318 g/mol. The van der Waals surface area contributed by atoms with Crippen molar-refractivity contribution in [3.63, 3.8) is 0 Å². The number of ether oxygens (including phenoxy) is 5. The van der Waals surface area contributed by atoms with Gasteiger partial charge >= 0.3 is 5.97 Å². The Morgan fingerprint density at radius 2 is 1.45 bits per heavy atom. The van der Waals surface area contributed by atoms with Crippen LogP contribution >= 0.6 is 0 Å². The van der Waals surface area contributed by atoms with Gasteiger partial charge in [0.15, 0.2) is 6.29 Å². The smallest absolute Gasteiger partial charge is 0.302 e. The molecule has 0 aliphatic rings. The Hall–Kier alpha value is -1.27. The van der Waals surface area contributed by atoms with Crippen LogP contribution in [0.3, 0.4) is 0 Å². The Morgan fingerprint density at radius 1 is 0.909 bits per heavy atom. The maximum atomic E-state index is 10.7. The summed E-state index contributed by atoms with van der Waals surface area (Å²) in [5, 5.41) is 0. The van der Waals surface area contributed by atoms with Crippen LogP contribution in [0.25, 0.3) is 0 Å². The molecule has 0 saturated heterocycles. The maximum absolute atomic E-state index is 10.7. The van der Waals surface area contributed by atoms with Crippen LogP contribution in [0.15, 0.2) is 12.0 Å². The molecule has 0 heterocycles. The van der Waals surface area contributed by atoms with E-state index in [0.29, 0.717) is 5.95 Å². The minimum Gasteiger partial charge on any atom is -0.463 e. The summed E-state index contributed by atoms with van der Waals surface area (Å²) in [5.74, 6) is 0.0237. The lowest BCUT2D eigenvalue weighted by Gasteiger charge is -2.21. The predicted octanol–water partition coefficient (Wildman–Crippen LogP) is 3.01. The fourth-order valence-electron chi connectivity index (χ4n) is 1.43. The van der Waals surface area contributed by atoms with E-state index in [9.17, 15) is 4.79 Å². The van der Waals surface area contributed by atoms with Crippen LogP contribution in [-0.4, -0.2) is 43.8 Å². The Balaban J connectivity index is 4.71. The molecule has 22 heavy (non-hydrogen) atoms. The third-order valence-electron chi connectivity index (χ3n) is 2.05. The molecule has 1 unspecified atom stereocenters. The van der Waals surface area contributed by atoms with Crippen LogP contribution in [0.1, 0.15) is 48.5 Å². The fourth-order valence-corrected chi connectivity index (χ4v) is 1.43. The van der Waals surface area contributed by atoms with Crippen molar-refractivity contribution in [2.75, 3.05) is 13.2 Å². The van der Waals surface area contributed by atoms with E-state index in [1.165, 1.54) is 6.92 Å². The van der Waals surface area contributed by atoms with Gasteiger partial charge in [-0.1, -0.05) is 0 Å². The zero-order valence-corrected chi connectivity index (χ0v) is 14.8. The molecular formula is C16H30O6. The molecule has 0 aromatic carbocycles. The van der Waals surface area contributed by atoms with Crippen LogP contribution in [0.4, 0.5) is 0 Å². The summed E-state index contributed by atoms with van der Waals surface area (Å²) < 4.78 is 27.3. The van der Waals surface area contributed by atoms with Crippen LogP contribution in [-0.2, 0) is 28.5 Å². The second-order valence-corrected chi connectivity index (χ2v) is 5.58. The average molecular weight is 318 g/mol. The molecule has 0 bridgehead atoms. The van der Waals surface area contributed by atoms with E-state index in [1.54, 1.807) is 6.08 Å². The first-order chi connectivity index (χ1) is 10.2. The summed E-state index contributed by atoms with van der Waals surface area (Å²) in [6.07, 6.45) is 0.933.